The zero-order chi connectivity index (χ0) is 28.5. The van der Waals surface area contributed by atoms with Crippen LogP contribution in [0, 0.1) is 5.92 Å². The Kier molecular flexibility index (Phi) is 6.08. The standard InChI is InChI=1S/C32H36N2O7/c1-19(35)39-25-8-7-23-16-26-32(41-20(2)36)12-10-24(33(3)27(37)9-6-22-11-15-38-18-22)30-31(32,28(23)29(25)40-30)13-14-34(26)17-21-4-5-21/h6-9,11,15,18,21,24,26,30H,4-5,10,12-14,16-17H2,1-3H3/b9-6+/t24?,26-,30?,31+,32-/m1/s1. The van der Waals surface area contributed by atoms with Gasteiger partial charge in [-0.15, -0.1) is 0 Å². The molecule has 1 spiro atoms. The Labute approximate surface area is 239 Å². The van der Waals surface area contributed by atoms with Crippen molar-refractivity contribution in [1.82, 2.24) is 9.80 Å². The van der Waals surface area contributed by atoms with Crippen molar-refractivity contribution in [2.45, 2.75) is 81.6 Å². The monoisotopic (exact) mass is 560 g/mol. The Morgan fingerprint density at radius 3 is 2.66 bits per heavy atom. The number of carbonyl (C=O) groups is 3. The van der Waals surface area contributed by atoms with Gasteiger partial charge in [0.15, 0.2) is 11.5 Å². The molecule has 3 heterocycles. The average Bonchev–Trinajstić information content (AvgIpc) is 3.44. The number of nitrogens with zero attached hydrogens (tertiary/aromatic N) is 2. The number of hydrogen-bond donors (Lipinski definition) is 0. The van der Waals surface area contributed by atoms with Crippen molar-refractivity contribution >= 4 is 23.9 Å². The summed E-state index contributed by atoms with van der Waals surface area (Å²) in [6, 6.07) is 5.39. The van der Waals surface area contributed by atoms with Crippen LogP contribution < -0.4 is 9.47 Å². The Bertz CT molecular complexity index is 1430. The van der Waals surface area contributed by atoms with Crippen LogP contribution in [0.5, 0.6) is 11.5 Å². The molecule has 5 atom stereocenters. The van der Waals surface area contributed by atoms with E-state index in [0.29, 0.717) is 30.3 Å². The van der Waals surface area contributed by atoms with Crippen molar-refractivity contribution in [3.63, 3.8) is 0 Å². The number of esters is 2. The third-order valence-corrected chi connectivity index (χ3v) is 10.1. The minimum absolute atomic E-state index is 0.00724. The highest BCUT2D eigenvalue weighted by Gasteiger charge is 2.75. The maximum atomic E-state index is 13.5. The molecular formula is C32H36N2O7. The fourth-order valence-electron chi connectivity index (χ4n) is 8.33. The highest BCUT2D eigenvalue weighted by atomic mass is 16.6. The lowest BCUT2D eigenvalue weighted by Crippen LogP contribution is -2.79. The molecule has 216 valence electrons. The third-order valence-electron chi connectivity index (χ3n) is 10.1. The van der Waals surface area contributed by atoms with Crippen LogP contribution in [0.25, 0.3) is 6.08 Å². The van der Waals surface area contributed by atoms with E-state index in [2.05, 4.69) is 4.90 Å². The number of piperidine rings is 1. The largest absolute Gasteiger partial charge is 0.483 e. The molecule has 1 aromatic carbocycles. The molecule has 2 bridgehead atoms. The summed E-state index contributed by atoms with van der Waals surface area (Å²) in [5.74, 6) is 0.744. The van der Waals surface area contributed by atoms with E-state index in [1.54, 1.807) is 35.6 Å². The summed E-state index contributed by atoms with van der Waals surface area (Å²) in [6.45, 7) is 4.73. The van der Waals surface area contributed by atoms with Crippen LogP contribution in [0.1, 0.15) is 62.6 Å². The Balaban J connectivity index is 1.35. The second-order valence-electron chi connectivity index (χ2n) is 12.4. The van der Waals surface area contributed by atoms with Crippen LogP contribution in [0.3, 0.4) is 0 Å². The van der Waals surface area contributed by atoms with Crippen molar-refractivity contribution < 1.29 is 33.0 Å². The maximum Gasteiger partial charge on any atom is 0.308 e. The molecule has 5 aliphatic rings. The number of amides is 1. The normalized spacial score (nSPS) is 31.3. The number of carbonyl (C=O) groups excluding carboxylic acids is 3. The number of rotatable bonds is 7. The van der Waals surface area contributed by atoms with Gasteiger partial charge >= 0.3 is 11.9 Å². The van der Waals surface area contributed by atoms with E-state index >= 15 is 0 Å². The van der Waals surface area contributed by atoms with E-state index < -0.39 is 23.1 Å². The van der Waals surface area contributed by atoms with Crippen LogP contribution in [0.15, 0.2) is 41.2 Å². The minimum Gasteiger partial charge on any atom is -0.483 e. The van der Waals surface area contributed by atoms with E-state index in [4.69, 9.17) is 18.6 Å². The first kappa shape index (κ1) is 26.3. The number of likely N-dealkylation sites (N-methyl/N-ethyl adjacent to an activating group) is 1. The minimum atomic E-state index is -0.809. The molecule has 1 saturated heterocycles. The molecule has 9 heteroatoms. The lowest BCUT2D eigenvalue weighted by Gasteiger charge is -2.65. The summed E-state index contributed by atoms with van der Waals surface area (Å²) in [4.78, 5) is 42.7. The fraction of sp³-hybridized carbons (Fsp3) is 0.531. The van der Waals surface area contributed by atoms with Gasteiger partial charge in [0.25, 0.3) is 0 Å². The molecule has 0 radical (unpaired) electrons. The Morgan fingerprint density at radius 2 is 1.95 bits per heavy atom. The third kappa shape index (κ3) is 3.95. The number of ether oxygens (including phenoxy) is 3. The zero-order valence-electron chi connectivity index (χ0n) is 23.8. The second-order valence-corrected chi connectivity index (χ2v) is 12.4. The van der Waals surface area contributed by atoms with Crippen LogP contribution >= 0.6 is 0 Å². The van der Waals surface area contributed by atoms with Gasteiger partial charge in [-0.05, 0) is 74.8 Å². The van der Waals surface area contributed by atoms with Gasteiger partial charge in [0.2, 0.25) is 5.91 Å². The zero-order valence-corrected chi connectivity index (χ0v) is 23.8. The second kappa shape index (κ2) is 9.48. The topological polar surface area (TPSA) is 98.5 Å². The lowest BCUT2D eigenvalue weighted by atomic mass is 9.48. The van der Waals surface area contributed by atoms with Gasteiger partial charge in [-0.2, -0.15) is 0 Å². The summed E-state index contributed by atoms with van der Waals surface area (Å²) in [5.41, 5.74) is 1.46. The van der Waals surface area contributed by atoms with Gasteiger partial charge in [-0.3, -0.25) is 19.3 Å². The van der Waals surface area contributed by atoms with Gasteiger partial charge in [0.1, 0.15) is 11.7 Å². The molecule has 41 heavy (non-hydrogen) atoms. The molecule has 1 amide bonds. The molecule has 2 aromatic rings. The van der Waals surface area contributed by atoms with Crippen molar-refractivity contribution in [3.8, 4) is 11.5 Å². The number of likely N-dealkylation sites (tertiary alicyclic amines) is 1. The Morgan fingerprint density at radius 1 is 1.12 bits per heavy atom. The molecule has 2 aliphatic heterocycles. The predicted molar refractivity (Wildman–Crippen MR) is 148 cm³/mol. The SMILES string of the molecule is CC(=O)Oc1ccc2c3c1OC1C(N(C)C(=O)/C=C/c4ccoc4)CC[C@@]4(OC(C)=O)[C@@H](C2)N(CC2CC2)CC[C@]314. The van der Waals surface area contributed by atoms with Crippen LogP contribution in [-0.2, 0) is 31.0 Å². The highest BCUT2D eigenvalue weighted by molar-refractivity contribution is 5.92. The van der Waals surface area contributed by atoms with Crippen LogP contribution in [0.2, 0.25) is 0 Å². The maximum absolute atomic E-state index is 13.5. The molecule has 1 aromatic heterocycles. The molecular weight excluding hydrogens is 524 g/mol. The quantitative estimate of drug-likeness (QED) is 0.286. The van der Waals surface area contributed by atoms with Gasteiger partial charge < -0.3 is 23.5 Å². The predicted octanol–water partition coefficient (Wildman–Crippen LogP) is 3.88. The van der Waals surface area contributed by atoms with Gasteiger partial charge in [-0.1, -0.05) is 6.07 Å². The van der Waals surface area contributed by atoms with Crippen molar-refractivity contribution in [1.29, 1.82) is 0 Å². The summed E-state index contributed by atoms with van der Waals surface area (Å²) in [5, 5.41) is 0. The van der Waals surface area contributed by atoms with Crippen molar-refractivity contribution in [2.75, 3.05) is 20.1 Å². The van der Waals surface area contributed by atoms with E-state index in [1.807, 2.05) is 19.2 Å². The molecule has 2 unspecified atom stereocenters. The molecule has 3 aliphatic carbocycles. The number of benzene rings is 1. The first-order valence-electron chi connectivity index (χ1n) is 14.7. The Hall–Kier alpha value is -3.59. The molecule has 9 nitrogen and oxygen atoms in total. The molecule has 7 rings (SSSR count). The van der Waals surface area contributed by atoms with E-state index in [-0.39, 0.29) is 24.0 Å². The molecule has 2 saturated carbocycles. The summed E-state index contributed by atoms with van der Waals surface area (Å²) >= 11 is 0. The first-order valence-corrected chi connectivity index (χ1v) is 14.7. The van der Waals surface area contributed by atoms with E-state index in [0.717, 1.165) is 42.6 Å². The highest BCUT2D eigenvalue weighted by Crippen LogP contribution is 2.67. The summed E-state index contributed by atoms with van der Waals surface area (Å²) < 4.78 is 24.2. The van der Waals surface area contributed by atoms with Crippen LogP contribution in [-0.4, -0.2) is 71.6 Å². The smallest absolute Gasteiger partial charge is 0.308 e. The van der Waals surface area contributed by atoms with Gasteiger partial charge in [0, 0.05) is 44.6 Å². The van der Waals surface area contributed by atoms with Gasteiger partial charge in [-0.25, -0.2) is 0 Å². The molecule has 0 N–H and O–H groups in total. The fourth-order valence-corrected chi connectivity index (χ4v) is 8.33. The first-order chi connectivity index (χ1) is 19.7. The number of furan rings is 1. The van der Waals surface area contributed by atoms with E-state index in [9.17, 15) is 14.4 Å². The number of hydrogen-bond acceptors (Lipinski definition) is 8. The van der Waals surface area contributed by atoms with Crippen LogP contribution in [0.4, 0.5) is 0 Å². The summed E-state index contributed by atoms with van der Waals surface area (Å²) in [6.07, 6.45) is 11.1. The van der Waals surface area contributed by atoms with Crippen molar-refractivity contribution in [3.05, 3.63) is 53.5 Å². The molecule has 3 fully saturated rings. The van der Waals surface area contributed by atoms with Gasteiger partial charge in [0.05, 0.1) is 30.0 Å². The van der Waals surface area contributed by atoms with Crippen molar-refractivity contribution in [2.24, 2.45) is 5.92 Å². The van der Waals surface area contributed by atoms with E-state index in [1.165, 1.54) is 26.7 Å². The summed E-state index contributed by atoms with van der Waals surface area (Å²) in [7, 11) is 1.81. The lowest BCUT2D eigenvalue weighted by molar-refractivity contribution is -0.223. The average molecular weight is 561 g/mol.